The number of nitrogens with zero attached hydrogens (tertiary/aromatic N) is 1. The van der Waals surface area contributed by atoms with Crippen molar-refractivity contribution in [1.82, 2.24) is 10.3 Å². The number of carbonyl (C=O) groups is 3. The molecule has 2 rings (SSSR count). The molecule has 0 aliphatic carbocycles. The first kappa shape index (κ1) is 28.5. The van der Waals surface area contributed by atoms with Crippen molar-refractivity contribution in [2.45, 2.75) is 71.3 Å². The van der Waals surface area contributed by atoms with Crippen molar-refractivity contribution in [3.63, 3.8) is 0 Å². The predicted octanol–water partition coefficient (Wildman–Crippen LogP) is 5.36. The molecule has 1 atom stereocenters. The molecule has 1 aromatic carbocycles. The molecule has 0 saturated heterocycles. The minimum atomic E-state index is -2.17. The fourth-order valence-electron chi connectivity index (χ4n) is 2.54. The lowest BCUT2D eigenvalue weighted by atomic mass is 10.2. The quantitative estimate of drug-likeness (QED) is 0.399. The summed E-state index contributed by atoms with van der Waals surface area (Å²) in [5.74, 6) is -1.75. The van der Waals surface area contributed by atoms with Crippen LogP contribution in [0.25, 0.3) is 10.6 Å². The number of aromatic nitrogens is 1. The number of hydrogen-bond donors (Lipinski definition) is 3. The van der Waals surface area contributed by atoms with E-state index in [4.69, 9.17) is 9.16 Å². The lowest BCUT2D eigenvalue weighted by Gasteiger charge is -2.36. The van der Waals surface area contributed by atoms with Crippen LogP contribution in [0, 0.1) is 0 Å². The molecule has 0 aliphatic heterocycles. The lowest BCUT2D eigenvalue weighted by Crippen LogP contribution is -2.49. The molecule has 1 heterocycles. The number of benzene rings is 1. The number of carboxylic acid groups (broad SMARTS) is 1. The number of thiazole rings is 1. The second-order valence-corrected chi connectivity index (χ2v) is 16.3. The summed E-state index contributed by atoms with van der Waals surface area (Å²) in [5, 5.41) is 16.8. The Kier molecular flexibility index (Phi) is 8.85. The van der Waals surface area contributed by atoms with Gasteiger partial charge >= 0.3 is 12.1 Å². The number of aliphatic carboxylic acids is 1. The van der Waals surface area contributed by atoms with Crippen LogP contribution >= 0.6 is 11.3 Å². The number of nitrogens with one attached hydrogen (secondary N) is 2. The molecule has 1 aromatic heterocycles. The van der Waals surface area contributed by atoms with Crippen LogP contribution in [0.5, 0.6) is 0 Å². The molecule has 35 heavy (non-hydrogen) atoms. The number of hydrogen-bond acceptors (Lipinski definition) is 7. The Hall–Kier alpha value is -2.76. The van der Waals surface area contributed by atoms with Gasteiger partial charge in [0.15, 0.2) is 8.32 Å². The van der Waals surface area contributed by atoms with Gasteiger partial charge in [0, 0.05) is 16.6 Å². The van der Waals surface area contributed by atoms with Crippen molar-refractivity contribution >= 4 is 43.3 Å². The van der Waals surface area contributed by atoms with Gasteiger partial charge in [-0.15, -0.1) is 11.3 Å². The second-order valence-electron chi connectivity index (χ2n) is 10.7. The average Bonchev–Trinajstić information content (AvgIpc) is 3.19. The molecule has 0 bridgehead atoms. The third-order valence-electron chi connectivity index (χ3n) is 5.53. The van der Waals surface area contributed by atoms with Crippen LogP contribution in [0.4, 0.5) is 10.5 Å². The summed E-state index contributed by atoms with van der Waals surface area (Å²) in [4.78, 5) is 40.6. The zero-order valence-corrected chi connectivity index (χ0v) is 23.3. The Morgan fingerprint density at radius 3 is 2.20 bits per heavy atom. The summed E-state index contributed by atoms with van der Waals surface area (Å²) < 4.78 is 11.2. The van der Waals surface area contributed by atoms with E-state index in [1.807, 2.05) is 13.1 Å². The molecule has 9 nitrogen and oxygen atoms in total. The van der Waals surface area contributed by atoms with Crippen molar-refractivity contribution < 1.29 is 28.7 Å². The van der Waals surface area contributed by atoms with Crippen LogP contribution in [-0.4, -0.2) is 54.6 Å². The van der Waals surface area contributed by atoms with Crippen molar-refractivity contribution in [3.05, 3.63) is 35.3 Å². The summed E-state index contributed by atoms with van der Waals surface area (Å²) in [6.07, 6.45) is -0.552. The SMILES string of the molecule is CC(C)(C)OC(=O)Nc1ccc(-c2nc(C(=O)NC(CO[Si](C)(C)C(C)(C)C)C(=O)O)cs2)cc1. The van der Waals surface area contributed by atoms with Gasteiger partial charge in [-0.05, 0) is 63.2 Å². The average molecular weight is 522 g/mol. The zero-order valence-electron chi connectivity index (χ0n) is 21.5. The fourth-order valence-corrected chi connectivity index (χ4v) is 4.37. The van der Waals surface area contributed by atoms with Gasteiger partial charge in [0.2, 0.25) is 0 Å². The zero-order chi connectivity index (χ0) is 26.6. The van der Waals surface area contributed by atoms with E-state index in [1.54, 1.807) is 50.4 Å². The molecular formula is C24H35N3O6SSi. The van der Waals surface area contributed by atoms with Gasteiger partial charge in [-0.3, -0.25) is 10.1 Å². The number of carboxylic acids is 1. The van der Waals surface area contributed by atoms with Gasteiger partial charge in [0.1, 0.15) is 22.3 Å². The second kappa shape index (κ2) is 10.9. The topological polar surface area (TPSA) is 127 Å². The van der Waals surface area contributed by atoms with Gasteiger partial charge in [-0.1, -0.05) is 20.8 Å². The summed E-state index contributed by atoms with van der Waals surface area (Å²) in [6.45, 7) is 15.5. The summed E-state index contributed by atoms with van der Waals surface area (Å²) in [6, 6.07) is 5.76. The number of rotatable bonds is 8. The van der Waals surface area contributed by atoms with E-state index in [0.717, 1.165) is 5.56 Å². The van der Waals surface area contributed by atoms with Crippen LogP contribution in [-0.2, 0) is 14.0 Å². The fraction of sp³-hybridized carbons (Fsp3) is 0.500. The first-order chi connectivity index (χ1) is 16.0. The molecule has 2 aromatic rings. The van der Waals surface area contributed by atoms with E-state index in [1.165, 1.54) is 11.3 Å². The molecule has 0 saturated carbocycles. The highest BCUT2D eigenvalue weighted by atomic mass is 32.1. The van der Waals surface area contributed by atoms with Gasteiger partial charge in [-0.2, -0.15) is 0 Å². The highest BCUT2D eigenvalue weighted by Crippen LogP contribution is 2.36. The normalized spacial score (nSPS) is 13.1. The molecule has 192 valence electrons. The smallest absolute Gasteiger partial charge is 0.412 e. The van der Waals surface area contributed by atoms with Crippen LogP contribution in [0.15, 0.2) is 29.6 Å². The maximum absolute atomic E-state index is 12.7. The van der Waals surface area contributed by atoms with Crippen LogP contribution < -0.4 is 10.6 Å². The third-order valence-corrected chi connectivity index (χ3v) is 10.9. The Balaban J connectivity index is 2.03. The maximum atomic E-state index is 12.7. The van der Waals surface area contributed by atoms with E-state index in [-0.39, 0.29) is 17.3 Å². The molecular weight excluding hydrogens is 486 g/mol. The summed E-state index contributed by atoms with van der Waals surface area (Å²) in [7, 11) is -2.17. The van der Waals surface area contributed by atoms with Crippen molar-refractivity contribution in [2.75, 3.05) is 11.9 Å². The van der Waals surface area contributed by atoms with E-state index in [9.17, 15) is 19.5 Å². The van der Waals surface area contributed by atoms with Crippen LogP contribution in [0.3, 0.4) is 0 Å². The molecule has 1 unspecified atom stereocenters. The molecule has 0 fully saturated rings. The highest BCUT2D eigenvalue weighted by molar-refractivity contribution is 7.13. The van der Waals surface area contributed by atoms with Gasteiger partial charge in [0.05, 0.1) is 6.61 Å². The Morgan fingerprint density at radius 2 is 1.69 bits per heavy atom. The Labute approximate surface area is 211 Å². The summed E-state index contributed by atoms with van der Waals surface area (Å²) >= 11 is 1.26. The van der Waals surface area contributed by atoms with Gasteiger partial charge in [0.25, 0.3) is 5.91 Å². The van der Waals surface area contributed by atoms with E-state index < -0.39 is 37.9 Å². The van der Waals surface area contributed by atoms with Crippen LogP contribution in [0.2, 0.25) is 18.1 Å². The minimum absolute atomic E-state index is 0.0815. The van der Waals surface area contributed by atoms with Gasteiger partial charge < -0.3 is 19.6 Å². The number of anilines is 1. The molecule has 3 N–H and O–H groups in total. The molecule has 0 radical (unpaired) electrons. The minimum Gasteiger partial charge on any atom is -0.480 e. The molecule has 0 aliphatic rings. The largest absolute Gasteiger partial charge is 0.480 e. The van der Waals surface area contributed by atoms with Gasteiger partial charge in [-0.25, -0.2) is 14.6 Å². The van der Waals surface area contributed by atoms with Crippen molar-refractivity contribution in [3.8, 4) is 10.6 Å². The van der Waals surface area contributed by atoms with E-state index in [2.05, 4.69) is 36.4 Å². The van der Waals surface area contributed by atoms with E-state index >= 15 is 0 Å². The lowest BCUT2D eigenvalue weighted by molar-refractivity contribution is -0.140. The number of ether oxygens (including phenoxy) is 1. The standard InChI is InChI=1S/C24H35N3O6SSi/c1-23(2,3)33-22(31)25-16-11-9-15(10-12-16)20-27-18(14-34-20)19(28)26-17(21(29)30)13-32-35(7,8)24(4,5)6/h9-12,14,17H,13H2,1-8H3,(H,25,31)(H,26,28)(H,29,30). The third kappa shape index (κ3) is 8.44. The first-order valence-corrected chi connectivity index (χ1v) is 15.0. The summed E-state index contributed by atoms with van der Waals surface area (Å²) in [5.41, 5.74) is 0.834. The Bertz CT molecular complexity index is 1050. The molecule has 2 amide bonds. The number of amides is 2. The van der Waals surface area contributed by atoms with Crippen molar-refractivity contribution in [1.29, 1.82) is 0 Å². The molecule has 0 spiro atoms. The monoisotopic (exact) mass is 521 g/mol. The molecule has 11 heteroatoms. The highest BCUT2D eigenvalue weighted by Gasteiger charge is 2.38. The first-order valence-electron chi connectivity index (χ1n) is 11.2. The van der Waals surface area contributed by atoms with Crippen LogP contribution in [0.1, 0.15) is 52.0 Å². The predicted molar refractivity (Wildman–Crippen MR) is 139 cm³/mol. The maximum Gasteiger partial charge on any atom is 0.412 e. The van der Waals surface area contributed by atoms with Crippen molar-refractivity contribution in [2.24, 2.45) is 0 Å². The Morgan fingerprint density at radius 1 is 1.09 bits per heavy atom. The van der Waals surface area contributed by atoms with E-state index in [0.29, 0.717) is 10.7 Å². The number of carbonyl (C=O) groups excluding carboxylic acids is 2.